The Morgan fingerprint density at radius 1 is 1.29 bits per heavy atom. The van der Waals surface area contributed by atoms with E-state index in [9.17, 15) is 14.0 Å². The Labute approximate surface area is 136 Å². The van der Waals surface area contributed by atoms with Crippen LogP contribution in [0.1, 0.15) is 28.6 Å². The third-order valence-electron chi connectivity index (χ3n) is 3.36. The first-order valence-corrected chi connectivity index (χ1v) is 7.09. The Balaban J connectivity index is 2.00. The largest absolute Gasteiger partial charge is 0.410 e. The number of aryl methyl sites for hydroxylation is 1. The maximum atomic E-state index is 13.4. The molecule has 0 spiro atoms. The molecule has 2 heterocycles. The van der Waals surface area contributed by atoms with Gasteiger partial charge in [0.25, 0.3) is 0 Å². The van der Waals surface area contributed by atoms with Crippen LogP contribution in [0, 0.1) is 12.7 Å². The zero-order valence-electron chi connectivity index (χ0n) is 12.9. The zero-order chi connectivity index (χ0) is 17.3. The molecule has 0 radical (unpaired) electrons. The molecule has 7 heteroatoms. The summed E-state index contributed by atoms with van der Waals surface area (Å²) in [6.45, 7) is 2.86. The van der Waals surface area contributed by atoms with Gasteiger partial charge in [0.15, 0.2) is 0 Å². The first-order valence-electron chi connectivity index (χ1n) is 7.09. The highest BCUT2D eigenvalue weighted by atomic mass is 19.1. The number of carbonyl (C=O) groups excluding carboxylic acids is 2. The van der Waals surface area contributed by atoms with Gasteiger partial charge in [-0.25, -0.2) is 4.39 Å². The molecule has 2 aromatic heterocycles. The van der Waals surface area contributed by atoms with Crippen molar-refractivity contribution in [3.63, 3.8) is 0 Å². The normalized spacial score (nSPS) is 10.6. The van der Waals surface area contributed by atoms with E-state index in [0.717, 1.165) is 0 Å². The van der Waals surface area contributed by atoms with Gasteiger partial charge in [-0.2, -0.15) is 0 Å². The average molecular weight is 328 g/mol. The van der Waals surface area contributed by atoms with Crippen LogP contribution in [0.4, 0.5) is 4.39 Å². The van der Waals surface area contributed by atoms with E-state index in [4.69, 9.17) is 9.26 Å². The van der Waals surface area contributed by atoms with Crippen molar-refractivity contribution in [2.45, 2.75) is 13.8 Å². The predicted molar refractivity (Wildman–Crippen MR) is 82.2 cm³/mol. The summed E-state index contributed by atoms with van der Waals surface area (Å²) in [5, 5.41) is 3.87. The van der Waals surface area contributed by atoms with Crippen LogP contribution >= 0.6 is 0 Å². The van der Waals surface area contributed by atoms with E-state index in [-0.39, 0.29) is 28.5 Å². The smallest absolute Gasteiger partial charge is 0.309 e. The van der Waals surface area contributed by atoms with E-state index < -0.39 is 11.8 Å². The second-order valence-corrected chi connectivity index (χ2v) is 5.15. The minimum Gasteiger partial charge on any atom is -0.410 e. The molecule has 122 valence electrons. The molecule has 3 aromatic rings. The van der Waals surface area contributed by atoms with Crippen LogP contribution in [0.2, 0.25) is 0 Å². The number of aromatic nitrogens is 2. The number of ketones is 1. The summed E-state index contributed by atoms with van der Waals surface area (Å²) in [6.07, 6.45) is 1.42. The summed E-state index contributed by atoms with van der Waals surface area (Å²) in [5.74, 6) is -0.841. The summed E-state index contributed by atoms with van der Waals surface area (Å²) >= 11 is 0. The van der Waals surface area contributed by atoms with Gasteiger partial charge in [0.05, 0.1) is 5.56 Å². The van der Waals surface area contributed by atoms with Crippen molar-refractivity contribution in [2.24, 2.45) is 0 Å². The Morgan fingerprint density at radius 2 is 2.08 bits per heavy atom. The number of benzene rings is 1. The van der Waals surface area contributed by atoms with Crippen molar-refractivity contribution < 1.29 is 23.2 Å². The summed E-state index contributed by atoms with van der Waals surface area (Å²) in [7, 11) is 0. The van der Waals surface area contributed by atoms with Crippen LogP contribution in [0.3, 0.4) is 0 Å². The monoisotopic (exact) mass is 328 g/mol. The highest BCUT2D eigenvalue weighted by Gasteiger charge is 2.24. The predicted octanol–water partition coefficient (Wildman–Crippen LogP) is 3.27. The van der Waals surface area contributed by atoms with Gasteiger partial charge in [-0.15, -0.1) is 0 Å². The molecule has 0 amide bonds. The fourth-order valence-electron chi connectivity index (χ4n) is 2.34. The Bertz CT molecular complexity index is 926. The van der Waals surface area contributed by atoms with Crippen LogP contribution in [0.15, 0.2) is 41.1 Å². The molecule has 0 saturated heterocycles. The molecular formula is C17H13FN2O4. The molecule has 0 atom stereocenters. The maximum Gasteiger partial charge on any atom is 0.309 e. The van der Waals surface area contributed by atoms with Crippen molar-refractivity contribution >= 4 is 11.8 Å². The molecular weight excluding hydrogens is 315 g/mol. The van der Waals surface area contributed by atoms with E-state index in [2.05, 4.69) is 10.1 Å². The number of nitrogens with zero attached hydrogens (tertiary/aromatic N) is 1. The van der Waals surface area contributed by atoms with Gasteiger partial charge >= 0.3 is 5.97 Å². The second kappa shape index (κ2) is 6.11. The van der Waals surface area contributed by atoms with Gasteiger partial charge in [0.2, 0.25) is 11.7 Å². The lowest BCUT2D eigenvalue weighted by atomic mass is 10.00. The van der Waals surface area contributed by atoms with Gasteiger partial charge < -0.3 is 14.2 Å². The molecule has 0 unspecified atom stereocenters. The van der Waals surface area contributed by atoms with Crippen LogP contribution < -0.4 is 4.74 Å². The molecule has 1 N–H and O–H groups in total. The molecule has 0 aliphatic carbocycles. The summed E-state index contributed by atoms with van der Waals surface area (Å²) in [6, 6.07) is 7.15. The molecule has 0 aliphatic heterocycles. The van der Waals surface area contributed by atoms with Crippen molar-refractivity contribution in [3.05, 3.63) is 59.2 Å². The Hall–Kier alpha value is -3.22. The van der Waals surface area contributed by atoms with Gasteiger partial charge in [-0.1, -0.05) is 17.3 Å². The van der Waals surface area contributed by atoms with Crippen molar-refractivity contribution in [3.8, 4) is 17.1 Å². The molecule has 6 nitrogen and oxygen atoms in total. The number of hydrogen-bond donors (Lipinski definition) is 1. The summed E-state index contributed by atoms with van der Waals surface area (Å²) in [4.78, 5) is 26.4. The molecule has 3 rings (SSSR count). The third kappa shape index (κ3) is 2.96. The Morgan fingerprint density at radius 3 is 2.79 bits per heavy atom. The van der Waals surface area contributed by atoms with Gasteiger partial charge in [-0.05, 0) is 19.1 Å². The summed E-state index contributed by atoms with van der Waals surface area (Å²) < 4.78 is 23.4. The third-order valence-corrected chi connectivity index (χ3v) is 3.36. The molecule has 0 bridgehead atoms. The number of halogens is 1. The van der Waals surface area contributed by atoms with Crippen LogP contribution in [-0.2, 0) is 4.79 Å². The first-order chi connectivity index (χ1) is 11.5. The van der Waals surface area contributed by atoms with Crippen molar-refractivity contribution in [2.75, 3.05) is 0 Å². The Kier molecular flexibility index (Phi) is 3.99. The highest BCUT2D eigenvalue weighted by Crippen LogP contribution is 2.28. The number of ether oxygens (including phenoxy) is 1. The standard InChI is InChI=1S/C17H13FN2O4/c1-9-15(16(20-24-9)11-4-3-5-13(18)6-11)17(22)12-7-14(19-8-12)23-10(2)21/h3-8,19H,1-2H3. The average Bonchev–Trinajstić information content (AvgIpc) is 3.13. The number of rotatable bonds is 4. The second-order valence-electron chi connectivity index (χ2n) is 5.15. The van der Waals surface area contributed by atoms with Crippen molar-refractivity contribution in [1.82, 2.24) is 10.1 Å². The van der Waals surface area contributed by atoms with E-state index in [1.807, 2.05) is 0 Å². The van der Waals surface area contributed by atoms with E-state index >= 15 is 0 Å². The van der Waals surface area contributed by atoms with Gasteiger partial charge in [-0.3, -0.25) is 9.59 Å². The fraction of sp³-hybridized carbons (Fsp3) is 0.118. The molecule has 1 aromatic carbocycles. The van der Waals surface area contributed by atoms with Crippen LogP contribution in [0.25, 0.3) is 11.3 Å². The minimum absolute atomic E-state index is 0.160. The van der Waals surface area contributed by atoms with Gasteiger partial charge in [0.1, 0.15) is 17.3 Å². The lowest BCUT2D eigenvalue weighted by Crippen LogP contribution is -2.03. The number of esters is 1. The number of nitrogens with one attached hydrogen (secondary N) is 1. The number of H-pyrrole nitrogens is 1. The number of hydrogen-bond acceptors (Lipinski definition) is 5. The van der Waals surface area contributed by atoms with E-state index in [0.29, 0.717) is 11.3 Å². The number of carbonyl (C=O) groups is 2. The van der Waals surface area contributed by atoms with E-state index in [1.165, 1.54) is 37.4 Å². The SMILES string of the molecule is CC(=O)Oc1cc(C(=O)c2c(-c3cccc(F)c3)noc2C)c[nH]1. The zero-order valence-corrected chi connectivity index (χ0v) is 12.9. The molecule has 0 aliphatic rings. The lowest BCUT2D eigenvalue weighted by Gasteiger charge is -2.01. The topological polar surface area (TPSA) is 85.2 Å². The summed E-state index contributed by atoms with van der Waals surface area (Å²) in [5.41, 5.74) is 1.20. The van der Waals surface area contributed by atoms with Crippen molar-refractivity contribution in [1.29, 1.82) is 0 Å². The molecule has 24 heavy (non-hydrogen) atoms. The molecule has 0 fully saturated rings. The minimum atomic E-state index is -0.502. The highest BCUT2D eigenvalue weighted by molar-refractivity contribution is 6.13. The lowest BCUT2D eigenvalue weighted by molar-refractivity contribution is -0.132. The number of aromatic amines is 1. The fourth-order valence-corrected chi connectivity index (χ4v) is 2.34. The van der Waals surface area contributed by atoms with Gasteiger partial charge in [0, 0.05) is 30.3 Å². The van der Waals surface area contributed by atoms with E-state index in [1.54, 1.807) is 13.0 Å². The quantitative estimate of drug-likeness (QED) is 0.587. The maximum absolute atomic E-state index is 13.4. The van der Waals surface area contributed by atoms with Crippen LogP contribution in [0.5, 0.6) is 5.88 Å². The molecule has 0 saturated carbocycles. The first kappa shape index (κ1) is 15.7. The van der Waals surface area contributed by atoms with Crippen LogP contribution in [-0.4, -0.2) is 21.9 Å².